The minimum absolute atomic E-state index is 0.0746. The van der Waals surface area contributed by atoms with Gasteiger partial charge in [-0.15, -0.1) is 0 Å². The van der Waals surface area contributed by atoms with Crippen molar-refractivity contribution in [2.24, 2.45) is 0 Å². The van der Waals surface area contributed by atoms with Gasteiger partial charge >= 0.3 is 0 Å². The van der Waals surface area contributed by atoms with Crippen LogP contribution in [-0.4, -0.2) is 5.11 Å². The average Bonchev–Trinajstić information content (AvgIpc) is 3.05. The van der Waals surface area contributed by atoms with Crippen LogP contribution in [-0.2, 0) is 6.61 Å². The topological polar surface area (TPSA) is 72.8 Å². The van der Waals surface area contributed by atoms with E-state index in [1.807, 2.05) is 12.1 Å². The van der Waals surface area contributed by atoms with E-state index in [1.54, 1.807) is 25.1 Å². The number of rotatable bonds is 3. The number of aromatic hydroxyl groups is 1. The lowest BCUT2D eigenvalue weighted by molar-refractivity contribution is 0.303. The van der Waals surface area contributed by atoms with Crippen molar-refractivity contribution in [3.63, 3.8) is 0 Å². The first-order chi connectivity index (χ1) is 12.0. The number of phenols is 1. The monoisotopic (exact) mass is 356 g/mol. The van der Waals surface area contributed by atoms with Gasteiger partial charge in [0.2, 0.25) is 5.75 Å². The van der Waals surface area contributed by atoms with Crippen molar-refractivity contribution < 1.29 is 18.7 Å². The van der Waals surface area contributed by atoms with Crippen molar-refractivity contribution in [2.45, 2.75) is 13.5 Å². The standard InChI is InChI=1S/C19H13ClO5/c1-10-8-14(21)15-16(22)13-6-7-23-17(13)19(18(15)25-10)24-9-11-2-4-12(20)5-3-11/h2-8,22H,9H2,1H3. The van der Waals surface area contributed by atoms with Gasteiger partial charge in [-0.3, -0.25) is 4.79 Å². The minimum atomic E-state index is -0.337. The van der Waals surface area contributed by atoms with Crippen LogP contribution in [0.5, 0.6) is 11.5 Å². The second-order valence-corrected chi connectivity index (χ2v) is 6.12. The lowest BCUT2D eigenvalue weighted by Crippen LogP contribution is -2.03. The van der Waals surface area contributed by atoms with Gasteiger partial charge in [-0.2, -0.15) is 0 Å². The number of benzene rings is 2. The van der Waals surface area contributed by atoms with Crippen molar-refractivity contribution >= 4 is 33.5 Å². The molecule has 0 fully saturated rings. The van der Waals surface area contributed by atoms with E-state index in [0.29, 0.717) is 21.8 Å². The summed E-state index contributed by atoms with van der Waals surface area (Å²) in [6, 6.07) is 10.1. The van der Waals surface area contributed by atoms with Gasteiger partial charge in [-0.05, 0) is 30.7 Å². The Labute approximate surface area is 147 Å². The van der Waals surface area contributed by atoms with Crippen LogP contribution in [0, 0.1) is 6.92 Å². The smallest absolute Gasteiger partial charge is 0.206 e. The maximum atomic E-state index is 12.3. The SMILES string of the molecule is Cc1cc(=O)c2c(O)c3ccoc3c(OCc3ccc(Cl)cc3)c2o1. The van der Waals surface area contributed by atoms with Gasteiger partial charge in [-0.25, -0.2) is 0 Å². The highest BCUT2D eigenvalue weighted by atomic mass is 35.5. The van der Waals surface area contributed by atoms with Crippen molar-refractivity contribution in [1.82, 2.24) is 0 Å². The summed E-state index contributed by atoms with van der Waals surface area (Å²) in [4.78, 5) is 12.3. The molecule has 0 amide bonds. The fraction of sp³-hybridized carbons (Fsp3) is 0.105. The molecule has 4 rings (SSSR count). The number of hydrogen-bond donors (Lipinski definition) is 1. The second kappa shape index (κ2) is 5.86. The molecule has 25 heavy (non-hydrogen) atoms. The normalized spacial score (nSPS) is 11.3. The number of fused-ring (bicyclic) bond motifs is 2. The molecule has 0 unspecified atom stereocenters. The Morgan fingerprint density at radius 3 is 2.68 bits per heavy atom. The third kappa shape index (κ3) is 2.62. The van der Waals surface area contributed by atoms with Crippen LogP contribution in [0.4, 0.5) is 0 Å². The zero-order valence-electron chi connectivity index (χ0n) is 13.2. The molecule has 2 heterocycles. The summed E-state index contributed by atoms with van der Waals surface area (Å²) in [5.74, 6) is 0.522. The molecule has 0 spiro atoms. The molecule has 2 aromatic carbocycles. The highest BCUT2D eigenvalue weighted by molar-refractivity contribution is 6.30. The first kappa shape index (κ1) is 15.6. The van der Waals surface area contributed by atoms with Gasteiger partial charge in [0, 0.05) is 11.1 Å². The lowest BCUT2D eigenvalue weighted by atomic mass is 10.1. The predicted molar refractivity (Wildman–Crippen MR) is 94.4 cm³/mol. The molecule has 0 aliphatic carbocycles. The van der Waals surface area contributed by atoms with Crippen LogP contribution in [0.15, 0.2) is 56.3 Å². The molecule has 126 valence electrons. The minimum Gasteiger partial charge on any atom is -0.506 e. The fourth-order valence-electron chi connectivity index (χ4n) is 2.77. The van der Waals surface area contributed by atoms with Crippen LogP contribution in [0.2, 0.25) is 5.02 Å². The molecule has 0 aliphatic rings. The number of hydrogen-bond acceptors (Lipinski definition) is 5. The van der Waals surface area contributed by atoms with E-state index in [-0.39, 0.29) is 34.5 Å². The Kier molecular flexibility index (Phi) is 3.66. The largest absolute Gasteiger partial charge is 0.506 e. The molecule has 0 radical (unpaired) electrons. The van der Waals surface area contributed by atoms with Crippen LogP contribution in [0.1, 0.15) is 11.3 Å². The van der Waals surface area contributed by atoms with E-state index >= 15 is 0 Å². The number of ether oxygens (including phenoxy) is 1. The average molecular weight is 357 g/mol. The summed E-state index contributed by atoms with van der Waals surface area (Å²) in [7, 11) is 0. The molecule has 0 atom stereocenters. The van der Waals surface area contributed by atoms with Crippen molar-refractivity contribution in [3.8, 4) is 11.5 Å². The number of phenolic OH excluding ortho intramolecular Hbond substituents is 1. The van der Waals surface area contributed by atoms with E-state index in [9.17, 15) is 9.90 Å². The molecule has 1 N–H and O–H groups in total. The third-order valence-corrected chi connectivity index (χ3v) is 4.19. The Morgan fingerprint density at radius 2 is 1.92 bits per heavy atom. The summed E-state index contributed by atoms with van der Waals surface area (Å²) in [6.07, 6.45) is 1.43. The Hall–Kier alpha value is -2.92. The van der Waals surface area contributed by atoms with Crippen LogP contribution >= 0.6 is 11.6 Å². The molecule has 0 bridgehead atoms. The molecule has 5 nitrogen and oxygen atoms in total. The van der Waals surface area contributed by atoms with Crippen molar-refractivity contribution in [1.29, 1.82) is 0 Å². The van der Waals surface area contributed by atoms with E-state index in [4.69, 9.17) is 25.2 Å². The number of furan rings is 1. The molecule has 4 aromatic rings. The lowest BCUT2D eigenvalue weighted by Gasteiger charge is -2.11. The Morgan fingerprint density at radius 1 is 1.16 bits per heavy atom. The molecule has 0 saturated heterocycles. The fourth-order valence-corrected chi connectivity index (χ4v) is 2.90. The van der Waals surface area contributed by atoms with Crippen LogP contribution in [0.3, 0.4) is 0 Å². The zero-order chi connectivity index (χ0) is 17.6. The van der Waals surface area contributed by atoms with Gasteiger partial charge in [0.05, 0.1) is 11.6 Å². The maximum absolute atomic E-state index is 12.3. The van der Waals surface area contributed by atoms with Gasteiger partial charge in [0.15, 0.2) is 16.6 Å². The first-order valence-corrected chi connectivity index (χ1v) is 7.96. The van der Waals surface area contributed by atoms with Crippen molar-refractivity contribution in [3.05, 3.63) is 69.2 Å². The van der Waals surface area contributed by atoms with Crippen LogP contribution in [0.25, 0.3) is 21.9 Å². The molecule has 6 heteroatoms. The van der Waals surface area contributed by atoms with Crippen LogP contribution < -0.4 is 10.2 Å². The highest BCUT2D eigenvalue weighted by Gasteiger charge is 2.21. The van der Waals surface area contributed by atoms with Gasteiger partial charge < -0.3 is 18.7 Å². The van der Waals surface area contributed by atoms with E-state index in [0.717, 1.165) is 5.56 Å². The van der Waals surface area contributed by atoms with E-state index in [1.165, 1.54) is 12.3 Å². The van der Waals surface area contributed by atoms with Crippen molar-refractivity contribution in [2.75, 3.05) is 0 Å². The number of halogens is 1. The first-order valence-electron chi connectivity index (χ1n) is 7.58. The van der Waals surface area contributed by atoms with Gasteiger partial charge in [-0.1, -0.05) is 23.7 Å². The summed E-state index contributed by atoms with van der Waals surface area (Å²) >= 11 is 5.89. The van der Waals surface area contributed by atoms with E-state index < -0.39 is 0 Å². The summed E-state index contributed by atoms with van der Waals surface area (Å²) in [5, 5.41) is 11.5. The highest BCUT2D eigenvalue weighted by Crippen LogP contribution is 2.41. The molecular formula is C19H13ClO5. The molecule has 0 saturated carbocycles. The summed E-state index contributed by atoms with van der Waals surface area (Å²) in [5.41, 5.74) is 1.04. The summed E-state index contributed by atoms with van der Waals surface area (Å²) in [6.45, 7) is 1.89. The quantitative estimate of drug-likeness (QED) is 0.571. The summed E-state index contributed by atoms with van der Waals surface area (Å²) < 4.78 is 17.0. The zero-order valence-corrected chi connectivity index (χ0v) is 14.0. The number of aryl methyl sites for hydroxylation is 1. The Bertz CT molecular complexity index is 1140. The maximum Gasteiger partial charge on any atom is 0.206 e. The predicted octanol–water partition coefficient (Wildman–Crippen LogP) is 4.79. The molecule has 0 aliphatic heterocycles. The second-order valence-electron chi connectivity index (χ2n) is 5.68. The molecular weight excluding hydrogens is 344 g/mol. The third-order valence-electron chi connectivity index (χ3n) is 3.94. The van der Waals surface area contributed by atoms with Gasteiger partial charge in [0.25, 0.3) is 0 Å². The van der Waals surface area contributed by atoms with Gasteiger partial charge in [0.1, 0.15) is 23.5 Å². The Balaban J connectivity index is 1.91. The van der Waals surface area contributed by atoms with E-state index in [2.05, 4.69) is 0 Å². The molecule has 2 aromatic heterocycles.